The monoisotopic (exact) mass is 1100 g/mol. The van der Waals surface area contributed by atoms with Crippen LogP contribution in [0.2, 0.25) is 0 Å². The molecule has 29 heteroatoms. The number of ether oxygens (including phenoxy) is 1. The molecule has 0 saturated carbocycles. The third-order valence-electron chi connectivity index (χ3n) is 11.3. The number of nitrogens with one attached hydrogen (secondary N) is 2. The van der Waals surface area contributed by atoms with Gasteiger partial charge in [-0.25, -0.2) is 28.6 Å². The number of hydrogen-bond donors (Lipinski definition) is 9. The number of amides is 2. The number of nitrogens with two attached hydrogens (primary N) is 1. The smallest absolute Gasteiger partial charge is 0.386 e. The number of phosphoric acid groups is 3. The summed E-state index contributed by atoms with van der Waals surface area (Å²) >= 11 is 0.938. The number of imidazole rings is 1. The lowest BCUT2D eigenvalue weighted by Crippen LogP contribution is -2.46. The fourth-order valence-electron chi connectivity index (χ4n) is 7.34. The van der Waals surface area contributed by atoms with Gasteiger partial charge in [0.25, 0.3) is 0 Å². The van der Waals surface area contributed by atoms with Crippen molar-refractivity contribution in [3.05, 3.63) is 24.8 Å². The SMILES string of the molecule is CCCCCCCC/C=C\CCCCCCCCCC(=O)CC(=O)SCCNC(=O)CCNC(=O)[C@H](O)C(C)(C)COP(=O)(O)OP(=O)(O)OC[C@H]1O[C@@H](n2cnc3c(N)ncnc32)[C@H](O)[C@@H]1OP(=O)(O)O. The molecule has 1 aliphatic heterocycles. The second-order valence-corrected chi connectivity index (χ2v) is 23.4. The topological polar surface area (TPSA) is 381 Å². The fraction of sp³-hybridized carbons (Fsp3) is 0.744. The van der Waals surface area contributed by atoms with E-state index >= 15 is 0 Å². The van der Waals surface area contributed by atoms with Crippen molar-refractivity contribution in [1.82, 2.24) is 30.2 Å². The van der Waals surface area contributed by atoms with Crippen LogP contribution in [0.15, 0.2) is 24.8 Å². The summed E-state index contributed by atoms with van der Waals surface area (Å²) < 4.78 is 62.4. The van der Waals surface area contributed by atoms with Gasteiger partial charge in [-0.15, -0.1) is 0 Å². The summed E-state index contributed by atoms with van der Waals surface area (Å²) in [6.45, 7) is 2.57. The third-order valence-corrected chi connectivity index (χ3v) is 15.3. The minimum Gasteiger partial charge on any atom is -0.386 e. The van der Waals surface area contributed by atoms with Gasteiger partial charge in [-0.3, -0.25) is 37.3 Å². The zero-order valence-electron chi connectivity index (χ0n) is 41.2. The molecule has 72 heavy (non-hydrogen) atoms. The number of anilines is 1. The van der Waals surface area contributed by atoms with E-state index in [1.54, 1.807) is 0 Å². The summed E-state index contributed by atoms with van der Waals surface area (Å²) in [4.78, 5) is 101. The lowest BCUT2D eigenvalue weighted by Gasteiger charge is -2.30. The molecule has 0 radical (unpaired) electrons. The minimum atomic E-state index is -5.59. The van der Waals surface area contributed by atoms with Gasteiger partial charge < -0.3 is 50.9 Å². The van der Waals surface area contributed by atoms with Crippen LogP contribution in [0, 0.1) is 5.41 Å². The summed E-state index contributed by atoms with van der Waals surface area (Å²) in [5.41, 5.74) is 4.25. The maximum Gasteiger partial charge on any atom is 0.481 e. The van der Waals surface area contributed by atoms with Crippen LogP contribution in [-0.2, 0) is 55.5 Å². The number of phosphoric ester groups is 3. The Bertz CT molecular complexity index is 2200. The van der Waals surface area contributed by atoms with Gasteiger partial charge in [0.15, 0.2) is 22.8 Å². The second-order valence-electron chi connectivity index (χ2n) is 18.0. The van der Waals surface area contributed by atoms with E-state index in [0.29, 0.717) is 6.42 Å². The van der Waals surface area contributed by atoms with Gasteiger partial charge in [-0.05, 0) is 32.1 Å². The molecule has 2 aromatic heterocycles. The number of hydrogen-bond acceptors (Lipinski definition) is 19. The van der Waals surface area contributed by atoms with Crippen LogP contribution in [0.1, 0.15) is 143 Å². The maximum atomic E-state index is 12.8. The normalized spacial score (nSPS) is 19.6. The van der Waals surface area contributed by atoms with Crippen LogP contribution in [0.4, 0.5) is 5.82 Å². The van der Waals surface area contributed by atoms with E-state index in [1.165, 1.54) is 78.1 Å². The van der Waals surface area contributed by atoms with Crippen LogP contribution >= 0.6 is 35.2 Å². The highest BCUT2D eigenvalue weighted by atomic mass is 32.2. The van der Waals surface area contributed by atoms with Crippen molar-refractivity contribution >= 4 is 74.9 Å². The number of fused-ring (bicyclic) bond motifs is 1. The molecule has 410 valence electrons. The number of ketones is 1. The quantitative estimate of drug-likeness (QED) is 0.0175. The van der Waals surface area contributed by atoms with E-state index in [0.717, 1.165) is 61.1 Å². The first-order chi connectivity index (χ1) is 33.9. The summed E-state index contributed by atoms with van der Waals surface area (Å²) in [7, 11) is -16.5. The van der Waals surface area contributed by atoms with E-state index in [4.69, 9.17) is 19.5 Å². The molecule has 1 aliphatic rings. The molecule has 0 aromatic carbocycles. The Kier molecular flexibility index (Phi) is 27.9. The van der Waals surface area contributed by atoms with Crippen molar-refractivity contribution in [2.45, 2.75) is 167 Å². The van der Waals surface area contributed by atoms with Crippen molar-refractivity contribution in [1.29, 1.82) is 0 Å². The zero-order valence-corrected chi connectivity index (χ0v) is 44.7. The Labute approximate surface area is 424 Å². The molecule has 2 aromatic rings. The average molecular weight is 1100 g/mol. The molecule has 7 atom stereocenters. The average Bonchev–Trinajstić information content (AvgIpc) is 3.86. The van der Waals surface area contributed by atoms with Crippen molar-refractivity contribution in [3.8, 4) is 0 Å². The number of carbonyl (C=O) groups excluding carboxylic acids is 4. The highest BCUT2D eigenvalue weighted by molar-refractivity contribution is 8.13. The molecule has 2 amide bonds. The molecule has 3 heterocycles. The van der Waals surface area contributed by atoms with Gasteiger partial charge in [0.1, 0.15) is 42.0 Å². The largest absolute Gasteiger partial charge is 0.481 e. The van der Waals surface area contributed by atoms with Gasteiger partial charge in [-0.2, -0.15) is 4.31 Å². The number of aliphatic hydroxyl groups is 2. The maximum absolute atomic E-state index is 12.8. The predicted molar refractivity (Wildman–Crippen MR) is 265 cm³/mol. The Morgan fingerprint density at radius 3 is 2.11 bits per heavy atom. The van der Waals surface area contributed by atoms with Crippen molar-refractivity contribution in [3.63, 3.8) is 0 Å². The molecule has 1 saturated heterocycles. The highest BCUT2D eigenvalue weighted by Crippen LogP contribution is 2.61. The first kappa shape index (κ1) is 63.3. The molecule has 2 unspecified atom stereocenters. The van der Waals surface area contributed by atoms with Crippen molar-refractivity contribution in [2.24, 2.45) is 5.41 Å². The lowest BCUT2D eigenvalue weighted by molar-refractivity contribution is -0.137. The number of aromatic nitrogens is 4. The number of rotatable bonds is 38. The Morgan fingerprint density at radius 2 is 1.47 bits per heavy atom. The van der Waals surface area contributed by atoms with Crippen LogP contribution < -0.4 is 16.4 Å². The number of allylic oxidation sites excluding steroid dienone is 2. The highest BCUT2D eigenvalue weighted by Gasteiger charge is 2.50. The standard InChI is InChI=1S/C43H74N7O18P3S/c1-4-5-6-7-8-9-10-11-12-13-14-15-16-17-18-19-20-21-31(51)26-34(53)72-25-24-45-33(52)22-23-46-41(56)38(55)43(2,3)28-65-71(62,63)68-70(60,61)64-27-32-37(67-69(57,58)59)36(54)42(66-32)50-30-49-35-39(44)47-29-48-40(35)50/h11-12,29-30,32,36-38,42,54-55H,4-10,13-28H2,1-3H3,(H,45,52)(H,46,56)(H,60,61)(H,62,63)(H2,44,47,48)(H2,57,58,59)/b12-11-/t32-,36-,37-,38+,42-/m1/s1. The lowest BCUT2D eigenvalue weighted by atomic mass is 9.87. The van der Waals surface area contributed by atoms with E-state index in [2.05, 4.69) is 53.5 Å². The third kappa shape index (κ3) is 24.1. The summed E-state index contributed by atoms with van der Waals surface area (Å²) in [6.07, 6.45) is 15.5. The fourth-order valence-corrected chi connectivity index (χ4v) is 10.9. The van der Waals surface area contributed by atoms with E-state index < -0.39 is 84.6 Å². The number of Topliss-reactive ketones (excluding diaryl/α,β-unsaturated/α-hetero) is 1. The Morgan fingerprint density at radius 1 is 0.861 bits per heavy atom. The van der Waals surface area contributed by atoms with Gasteiger partial charge in [0.2, 0.25) is 11.8 Å². The predicted octanol–water partition coefficient (Wildman–Crippen LogP) is 5.44. The van der Waals surface area contributed by atoms with Crippen LogP contribution in [0.5, 0.6) is 0 Å². The van der Waals surface area contributed by atoms with Gasteiger partial charge >= 0.3 is 23.5 Å². The van der Waals surface area contributed by atoms with Crippen molar-refractivity contribution in [2.75, 3.05) is 37.8 Å². The van der Waals surface area contributed by atoms with Gasteiger partial charge in [0.05, 0.1) is 26.0 Å². The molecular weight excluding hydrogens is 1030 g/mol. The number of aliphatic hydroxyl groups excluding tert-OH is 2. The number of thioether (sulfide) groups is 1. The van der Waals surface area contributed by atoms with Crippen LogP contribution in [0.25, 0.3) is 11.2 Å². The molecule has 0 aliphatic carbocycles. The first-order valence-corrected chi connectivity index (χ1v) is 29.7. The summed E-state index contributed by atoms with van der Waals surface area (Å²) in [5.74, 6) is -1.40. The molecule has 25 nitrogen and oxygen atoms in total. The summed E-state index contributed by atoms with van der Waals surface area (Å²) in [6, 6.07) is 0. The van der Waals surface area contributed by atoms with E-state index in [9.17, 15) is 62.7 Å². The molecule has 3 rings (SSSR count). The van der Waals surface area contributed by atoms with Crippen LogP contribution in [-0.4, -0.2) is 128 Å². The van der Waals surface area contributed by atoms with Crippen LogP contribution in [0.3, 0.4) is 0 Å². The Hall–Kier alpha value is -3.03. The first-order valence-electron chi connectivity index (χ1n) is 24.2. The van der Waals surface area contributed by atoms with Gasteiger partial charge in [-0.1, -0.05) is 109 Å². The molecule has 0 bridgehead atoms. The second kappa shape index (κ2) is 31.8. The van der Waals surface area contributed by atoms with Gasteiger partial charge in [0, 0.05) is 37.1 Å². The Balaban J connectivity index is 1.27. The number of nitrogens with zero attached hydrogens (tertiary/aromatic N) is 4. The van der Waals surface area contributed by atoms with E-state index in [-0.39, 0.29) is 59.6 Å². The number of carbonyl (C=O) groups is 4. The molecule has 10 N–H and O–H groups in total. The summed E-state index contributed by atoms with van der Waals surface area (Å²) in [5, 5.41) is 26.2. The molecule has 1 fully saturated rings. The van der Waals surface area contributed by atoms with E-state index in [1.807, 2.05) is 0 Å². The minimum absolute atomic E-state index is 0.0261. The van der Waals surface area contributed by atoms with Crippen molar-refractivity contribution < 1.29 is 85.3 Å². The molecular formula is C43H74N7O18P3S. The molecule has 0 spiro atoms. The number of unbranched alkanes of at least 4 members (excludes halogenated alkanes) is 13. The number of nitrogen functional groups attached to an aromatic ring is 1. The zero-order chi connectivity index (χ0) is 53.4.